The molecule has 51 heavy (non-hydrogen) atoms. The molecule has 7 rings (SSSR count). The highest BCUT2D eigenvalue weighted by Gasteiger charge is 2.61. The Morgan fingerprint density at radius 3 is 2.51 bits per heavy atom. The smallest absolute Gasteiger partial charge is 0.240 e. The summed E-state index contributed by atoms with van der Waals surface area (Å²) in [6, 6.07) is 7.60. The molecule has 0 saturated heterocycles. The number of amides is 2. The molecule has 3 saturated carbocycles. The Morgan fingerprint density at radius 1 is 1.04 bits per heavy atom. The fraction of sp³-hybridized carbons (Fsp3) is 0.553. The van der Waals surface area contributed by atoms with Crippen LogP contribution in [0.5, 0.6) is 11.5 Å². The second-order valence-corrected chi connectivity index (χ2v) is 17.0. The maximum atomic E-state index is 14.4. The van der Waals surface area contributed by atoms with Crippen LogP contribution >= 0.6 is 0 Å². The molecule has 2 aromatic heterocycles. The van der Waals surface area contributed by atoms with Crippen molar-refractivity contribution in [3.05, 3.63) is 53.4 Å². The summed E-state index contributed by atoms with van der Waals surface area (Å²) in [5.74, 6) is -0.665. The number of rotatable bonds is 7. The number of carbonyl (C=O) groups excluding carboxylic acids is 3. The summed E-state index contributed by atoms with van der Waals surface area (Å²) < 4.78 is 42.1. The number of ether oxygens (including phenoxy) is 2. The summed E-state index contributed by atoms with van der Waals surface area (Å²) in [5, 5.41) is 4.87. The maximum Gasteiger partial charge on any atom is 0.240 e. The molecular weight excluding hydrogens is 671 g/mol. The first kappa shape index (κ1) is 35.2. The van der Waals surface area contributed by atoms with Crippen molar-refractivity contribution in [2.75, 3.05) is 20.7 Å². The molecule has 3 aliphatic carbocycles. The maximum absolute atomic E-state index is 14.4. The zero-order chi connectivity index (χ0) is 36.2. The Morgan fingerprint density at radius 2 is 1.80 bits per heavy atom. The Labute approximate surface area is 299 Å². The zero-order valence-corrected chi connectivity index (χ0v) is 30.8. The van der Waals surface area contributed by atoms with Crippen LogP contribution in [0.2, 0.25) is 0 Å². The lowest BCUT2D eigenvalue weighted by molar-refractivity contribution is -0.140. The summed E-state index contributed by atoms with van der Waals surface area (Å²) in [6.07, 6.45) is 7.90. The number of fused-ring (bicyclic) bond motifs is 3. The van der Waals surface area contributed by atoms with Crippen LogP contribution in [0.3, 0.4) is 0 Å². The summed E-state index contributed by atoms with van der Waals surface area (Å²) >= 11 is 0. The van der Waals surface area contributed by atoms with Crippen molar-refractivity contribution in [3.8, 4) is 17.3 Å². The van der Waals surface area contributed by atoms with E-state index >= 15 is 0 Å². The number of aromatic nitrogens is 3. The topological polar surface area (TPSA) is 150 Å². The van der Waals surface area contributed by atoms with Crippen molar-refractivity contribution in [1.29, 1.82) is 0 Å². The number of hydrogen-bond acceptors (Lipinski definition) is 9. The van der Waals surface area contributed by atoms with Crippen LogP contribution < -0.4 is 14.2 Å². The Kier molecular flexibility index (Phi) is 9.22. The molecule has 3 fully saturated rings. The van der Waals surface area contributed by atoms with E-state index in [-0.39, 0.29) is 30.4 Å². The molecule has 0 spiro atoms. The molecule has 3 aromatic rings. The van der Waals surface area contributed by atoms with E-state index in [1.807, 2.05) is 57.2 Å². The van der Waals surface area contributed by atoms with Gasteiger partial charge in [0.1, 0.15) is 23.4 Å². The number of nitrogens with one attached hydrogen (secondary N) is 1. The molecule has 1 aliphatic heterocycles. The molecule has 13 heteroatoms. The van der Waals surface area contributed by atoms with E-state index in [1.165, 1.54) is 0 Å². The van der Waals surface area contributed by atoms with Crippen LogP contribution in [-0.4, -0.2) is 77.7 Å². The highest BCUT2D eigenvalue weighted by Crippen LogP contribution is 2.58. The lowest BCUT2D eigenvalue weighted by Crippen LogP contribution is -2.42. The first-order valence-corrected chi connectivity index (χ1v) is 19.5. The number of benzene rings is 1. The Bertz CT molecular complexity index is 2040. The predicted molar refractivity (Wildman–Crippen MR) is 191 cm³/mol. The summed E-state index contributed by atoms with van der Waals surface area (Å²) in [7, 11) is -0.393. The van der Waals surface area contributed by atoms with Crippen LogP contribution in [0.4, 0.5) is 0 Å². The largest absolute Gasteiger partial charge is 0.496 e. The SMILES string of the molecule is COc1ccc2c(O[C@@H]3C[C@H]4C(=O)C[C@]5(C(=O)NS(=O)(=O)C6CC6)C[C@@H]5/C=C\CCCCN(C)C(=O)[C@@H]4C3)cc(-n3nc(C)cc3C)nc2c1C. The van der Waals surface area contributed by atoms with Crippen LogP contribution in [0.1, 0.15) is 74.7 Å². The van der Waals surface area contributed by atoms with Crippen molar-refractivity contribution in [2.45, 2.75) is 89.9 Å². The highest BCUT2D eigenvalue weighted by molar-refractivity contribution is 7.90. The zero-order valence-electron chi connectivity index (χ0n) is 30.0. The van der Waals surface area contributed by atoms with E-state index in [0.717, 1.165) is 41.6 Å². The van der Waals surface area contributed by atoms with E-state index in [1.54, 1.807) is 23.7 Å². The van der Waals surface area contributed by atoms with Gasteiger partial charge >= 0.3 is 0 Å². The number of carbonyl (C=O) groups is 3. The molecule has 0 unspecified atom stereocenters. The number of Topliss-reactive ketones (excluding diaryl/α,β-unsaturated/α-hetero) is 1. The lowest BCUT2D eigenvalue weighted by Gasteiger charge is -2.26. The van der Waals surface area contributed by atoms with Gasteiger partial charge in [-0.1, -0.05) is 12.2 Å². The molecule has 12 nitrogen and oxygen atoms in total. The monoisotopic (exact) mass is 717 g/mol. The predicted octanol–water partition coefficient (Wildman–Crippen LogP) is 4.90. The van der Waals surface area contributed by atoms with Crippen molar-refractivity contribution >= 4 is 38.5 Å². The minimum Gasteiger partial charge on any atom is -0.496 e. The average Bonchev–Trinajstić information content (AvgIpc) is 3.99. The van der Waals surface area contributed by atoms with Gasteiger partial charge in [0.05, 0.1) is 34.9 Å². The third-order valence-electron chi connectivity index (χ3n) is 11.3. The van der Waals surface area contributed by atoms with E-state index in [4.69, 9.17) is 14.5 Å². The molecule has 0 bridgehead atoms. The first-order chi connectivity index (χ1) is 24.3. The van der Waals surface area contributed by atoms with E-state index in [9.17, 15) is 22.8 Å². The average molecular weight is 718 g/mol. The second kappa shape index (κ2) is 13.4. The molecule has 5 atom stereocenters. The van der Waals surface area contributed by atoms with E-state index < -0.39 is 44.5 Å². The minimum atomic E-state index is -3.79. The number of methoxy groups -OCH3 is 1. The number of sulfonamides is 1. The van der Waals surface area contributed by atoms with Crippen molar-refractivity contribution in [3.63, 3.8) is 0 Å². The number of allylic oxidation sites excluding steroid dienone is 2. The third-order valence-corrected chi connectivity index (χ3v) is 13.1. The first-order valence-electron chi connectivity index (χ1n) is 18.0. The van der Waals surface area contributed by atoms with Gasteiger partial charge in [-0.2, -0.15) is 5.10 Å². The third kappa shape index (κ3) is 6.76. The van der Waals surface area contributed by atoms with Gasteiger partial charge in [0.25, 0.3) is 0 Å². The molecule has 2 amide bonds. The van der Waals surface area contributed by atoms with Crippen LogP contribution in [-0.2, 0) is 24.4 Å². The van der Waals surface area contributed by atoms with Gasteiger partial charge in [-0.25, -0.2) is 18.1 Å². The number of hydrogen-bond donors (Lipinski definition) is 1. The number of pyridine rings is 1. The summed E-state index contributed by atoms with van der Waals surface area (Å²) in [4.78, 5) is 48.8. The number of nitrogens with zero attached hydrogens (tertiary/aromatic N) is 4. The van der Waals surface area contributed by atoms with Gasteiger partial charge < -0.3 is 14.4 Å². The second-order valence-electron chi connectivity index (χ2n) is 15.0. The minimum absolute atomic E-state index is 0.113. The summed E-state index contributed by atoms with van der Waals surface area (Å²) in [5.41, 5.74) is 2.15. The van der Waals surface area contributed by atoms with Gasteiger partial charge in [0.2, 0.25) is 21.8 Å². The van der Waals surface area contributed by atoms with Gasteiger partial charge in [0.15, 0.2) is 5.82 Å². The fourth-order valence-corrected chi connectivity index (χ4v) is 9.46. The molecule has 0 radical (unpaired) electrons. The summed E-state index contributed by atoms with van der Waals surface area (Å²) in [6.45, 7) is 6.40. The van der Waals surface area contributed by atoms with Crippen molar-refractivity contribution < 1.29 is 32.3 Å². The number of ketones is 1. The Hall–Kier alpha value is -4.26. The van der Waals surface area contributed by atoms with E-state index in [0.29, 0.717) is 55.1 Å². The Balaban J connectivity index is 1.22. The molecule has 272 valence electrons. The molecular formula is C38H47N5O7S. The molecule has 3 heterocycles. The van der Waals surface area contributed by atoms with E-state index in [2.05, 4.69) is 9.82 Å². The standard InChI is InChI=1S/C38H47N5O7S/c1-22-16-23(2)43(40-22)34-19-33(28-13-14-32(49-5)24(3)35(28)39-34)50-26-17-29-30(18-26)36(45)42(4)15-9-7-6-8-10-25-20-38(25,21-31(29)44)37(46)41-51(47,48)27-11-12-27/h8,10,13-14,16,19,25-27,29-30H,6-7,9,11-12,15,17-18,20-21H2,1-5H3,(H,41,46)/b10-8-/t25-,26+,29+,30+,38+/m0/s1. The molecule has 4 aliphatic rings. The van der Waals surface area contributed by atoms with Crippen LogP contribution in [0, 0.1) is 43.9 Å². The van der Waals surface area contributed by atoms with Gasteiger partial charge in [-0.15, -0.1) is 0 Å². The number of aryl methyl sites for hydroxylation is 3. The van der Waals surface area contributed by atoms with Gasteiger partial charge in [-0.05, 0) is 96.3 Å². The van der Waals surface area contributed by atoms with Gasteiger partial charge in [0, 0.05) is 48.6 Å². The van der Waals surface area contributed by atoms with Crippen LogP contribution in [0.15, 0.2) is 36.4 Å². The fourth-order valence-electron chi connectivity index (χ4n) is 8.08. The lowest BCUT2D eigenvalue weighted by atomic mass is 9.84. The van der Waals surface area contributed by atoms with Crippen LogP contribution in [0.25, 0.3) is 16.7 Å². The van der Waals surface area contributed by atoms with Gasteiger partial charge in [-0.3, -0.25) is 19.1 Å². The molecule has 1 aromatic carbocycles. The van der Waals surface area contributed by atoms with Crippen molar-refractivity contribution in [1.82, 2.24) is 24.4 Å². The normalized spacial score (nSPS) is 27.7. The molecule has 1 N–H and O–H groups in total. The highest BCUT2D eigenvalue weighted by atomic mass is 32.2. The quantitative estimate of drug-likeness (QED) is 0.337. The van der Waals surface area contributed by atoms with Crippen molar-refractivity contribution in [2.24, 2.45) is 23.2 Å².